The van der Waals surface area contributed by atoms with E-state index in [1.807, 2.05) is 6.08 Å². The number of rotatable bonds is 5. The first kappa shape index (κ1) is 28.2. The molecule has 4 atom stereocenters. The SMILES string of the molecule is CCC1CCC2CC(c3ccc(/C=C/C4CCC(C5CCC(C)CC5)CC4)c(C(F)(F)F)c3F)CCC2C1. The molecule has 4 aliphatic carbocycles. The molecule has 1 aromatic rings. The van der Waals surface area contributed by atoms with E-state index < -0.39 is 17.6 Å². The Morgan fingerprint density at radius 1 is 0.763 bits per heavy atom. The highest BCUT2D eigenvalue weighted by Crippen LogP contribution is 2.50. The molecule has 5 rings (SSSR count). The van der Waals surface area contributed by atoms with Crippen molar-refractivity contribution in [2.24, 2.45) is 41.4 Å². The number of hydrogen-bond donors (Lipinski definition) is 0. The Bertz CT molecular complexity index is 946. The van der Waals surface area contributed by atoms with Crippen molar-refractivity contribution in [3.8, 4) is 0 Å². The molecule has 212 valence electrons. The number of halogens is 4. The highest BCUT2D eigenvalue weighted by Gasteiger charge is 2.41. The van der Waals surface area contributed by atoms with Gasteiger partial charge in [-0.15, -0.1) is 0 Å². The van der Waals surface area contributed by atoms with Gasteiger partial charge in [0.05, 0.1) is 5.56 Å². The molecule has 0 aromatic heterocycles. The summed E-state index contributed by atoms with van der Waals surface area (Å²) in [5, 5.41) is 0. The van der Waals surface area contributed by atoms with E-state index in [9.17, 15) is 13.2 Å². The zero-order valence-electron chi connectivity index (χ0n) is 23.5. The molecule has 4 fully saturated rings. The number of hydrogen-bond acceptors (Lipinski definition) is 0. The Balaban J connectivity index is 1.25. The van der Waals surface area contributed by atoms with Crippen molar-refractivity contribution >= 4 is 6.08 Å². The fraction of sp³-hybridized carbons (Fsp3) is 0.765. The number of fused-ring (bicyclic) bond motifs is 1. The van der Waals surface area contributed by atoms with E-state index in [4.69, 9.17) is 0 Å². The van der Waals surface area contributed by atoms with Gasteiger partial charge in [0.1, 0.15) is 5.82 Å². The first-order valence-corrected chi connectivity index (χ1v) is 15.8. The quantitative estimate of drug-likeness (QED) is 0.331. The van der Waals surface area contributed by atoms with Crippen LogP contribution in [0.4, 0.5) is 17.6 Å². The van der Waals surface area contributed by atoms with Crippen molar-refractivity contribution in [2.75, 3.05) is 0 Å². The largest absolute Gasteiger partial charge is 0.419 e. The van der Waals surface area contributed by atoms with Gasteiger partial charge >= 0.3 is 6.18 Å². The summed E-state index contributed by atoms with van der Waals surface area (Å²) in [6.45, 7) is 4.61. The molecule has 0 nitrogen and oxygen atoms in total. The first-order valence-electron chi connectivity index (χ1n) is 15.8. The highest BCUT2D eigenvalue weighted by molar-refractivity contribution is 5.57. The highest BCUT2D eigenvalue weighted by atomic mass is 19.4. The summed E-state index contributed by atoms with van der Waals surface area (Å²) < 4.78 is 58.2. The average Bonchev–Trinajstić information content (AvgIpc) is 2.91. The van der Waals surface area contributed by atoms with Crippen LogP contribution in [-0.2, 0) is 6.18 Å². The van der Waals surface area contributed by atoms with Crippen LogP contribution in [0.1, 0.15) is 133 Å². The van der Waals surface area contributed by atoms with Crippen LogP contribution < -0.4 is 0 Å². The fourth-order valence-electron chi connectivity index (χ4n) is 8.79. The fourth-order valence-corrected chi connectivity index (χ4v) is 8.79. The van der Waals surface area contributed by atoms with Crippen LogP contribution in [0.15, 0.2) is 18.2 Å². The van der Waals surface area contributed by atoms with Gasteiger partial charge in [0.25, 0.3) is 0 Å². The van der Waals surface area contributed by atoms with E-state index in [0.717, 1.165) is 62.2 Å². The maximum atomic E-state index is 15.7. The Morgan fingerprint density at radius 3 is 2.03 bits per heavy atom. The van der Waals surface area contributed by atoms with Crippen molar-refractivity contribution in [3.05, 3.63) is 40.7 Å². The summed E-state index contributed by atoms with van der Waals surface area (Å²) in [7, 11) is 0. The molecule has 0 radical (unpaired) electrons. The summed E-state index contributed by atoms with van der Waals surface area (Å²) >= 11 is 0. The van der Waals surface area contributed by atoms with Crippen LogP contribution in [0, 0.1) is 47.2 Å². The zero-order valence-corrected chi connectivity index (χ0v) is 23.5. The van der Waals surface area contributed by atoms with E-state index in [1.165, 1.54) is 57.8 Å². The van der Waals surface area contributed by atoms with Crippen LogP contribution in [-0.4, -0.2) is 0 Å². The maximum Gasteiger partial charge on any atom is 0.419 e. The van der Waals surface area contributed by atoms with Crippen LogP contribution in [0.2, 0.25) is 0 Å². The first-order chi connectivity index (χ1) is 18.2. The van der Waals surface area contributed by atoms with Crippen LogP contribution in [0.5, 0.6) is 0 Å². The summed E-state index contributed by atoms with van der Waals surface area (Å²) in [5.74, 6) is 3.67. The summed E-state index contributed by atoms with van der Waals surface area (Å²) in [4.78, 5) is 0. The van der Waals surface area contributed by atoms with Crippen molar-refractivity contribution in [3.63, 3.8) is 0 Å². The van der Waals surface area contributed by atoms with Gasteiger partial charge in [-0.1, -0.05) is 63.8 Å². The summed E-state index contributed by atoms with van der Waals surface area (Å²) in [5.41, 5.74) is -0.750. The second kappa shape index (κ2) is 12.0. The minimum absolute atomic E-state index is 0.000665. The second-order valence-corrected chi connectivity index (χ2v) is 13.6. The molecule has 0 heterocycles. The number of benzene rings is 1. The van der Waals surface area contributed by atoms with Crippen molar-refractivity contribution in [1.82, 2.24) is 0 Å². The molecule has 4 saturated carbocycles. The molecule has 4 aliphatic rings. The molecule has 1 aromatic carbocycles. The van der Waals surface area contributed by atoms with E-state index in [1.54, 1.807) is 18.2 Å². The van der Waals surface area contributed by atoms with Gasteiger partial charge in [-0.05, 0) is 129 Å². The molecule has 4 unspecified atom stereocenters. The monoisotopic (exact) mass is 532 g/mol. The van der Waals surface area contributed by atoms with Gasteiger partial charge in [-0.25, -0.2) is 4.39 Å². The molecule has 0 bridgehead atoms. The molecule has 0 N–H and O–H groups in total. The minimum atomic E-state index is -4.69. The van der Waals surface area contributed by atoms with Crippen molar-refractivity contribution in [1.29, 1.82) is 0 Å². The third-order valence-corrected chi connectivity index (χ3v) is 11.3. The lowest BCUT2D eigenvalue weighted by Crippen LogP contribution is -2.30. The molecule has 0 saturated heterocycles. The lowest BCUT2D eigenvalue weighted by atomic mass is 9.63. The van der Waals surface area contributed by atoms with Gasteiger partial charge in [0.2, 0.25) is 0 Å². The van der Waals surface area contributed by atoms with E-state index in [0.29, 0.717) is 23.3 Å². The predicted molar refractivity (Wildman–Crippen MR) is 148 cm³/mol. The second-order valence-electron chi connectivity index (χ2n) is 13.6. The molecule has 4 heteroatoms. The smallest absolute Gasteiger partial charge is 0.206 e. The topological polar surface area (TPSA) is 0 Å². The van der Waals surface area contributed by atoms with Crippen molar-refractivity contribution < 1.29 is 17.6 Å². The Morgan fingerprint density at radius 2 is 1.37 bits per heavy atom. The average molecular weight is 533 g/mol. The molecular formula is C34H48F4. The zero-order chi connectivity index (χ0) is 26.9. The number of allylic oxidation sites excluding steroid dienone is 1. The predicted octanol–water partition coefficient (Wildman–Crippen LogP) is 11.2. The van der Waals surface area contributed by atoms with Gasteiger partial charge in [0, 0.05) is 0 Å². The lowest BCUT2D eigenvalue weighted by Gasteiger charge is -2.42. The summed E-state index contributed by atoms with van der Waals surface area (Å²) in [6, 6.07) is 3.22. The Kier molecular flexibility index (Phi) is 8.95. The van der Waals surface area contributed by atoms with Crippen LogP contribution in [0.3, 0.4) is 0 Å². The molecule has 0 aliphatic heterocycles. The lowest BCUT2D eigenvalue weighted by molar-refractivity contribution is -0.140. The van der Waals surface area contributed by atoms with E-state index in [-0.39, 0.29) is 11.5 Å². The number of alkyl halides is 3. The van der Waals surface area contributed by atoms with Gasteiger partial charge in [-0.3, -0.25) is 0 Å². The Hall–Kier alpha value is -1.32. The third-order valence-electron chi connectivity index (χ3n) is 11.3. The van der Waals surface area contributed by atoms with E-state index in [2.05, 4.69) is 13.8 Å². The van der Waals surface area contributed by atoms with Crippen LogP contribution in [0.25, 0.3) is 6.08 Å². The van der Waals surface area contributed by atoms with Gasteiger partial charge < -0.3 is 0 Å². The third kappa shape index (κ3) is 6.35. The normalized spacial score (nSPS) is 36.8. The van der Waals surface area contributed by atoms with Gasteiger partial charge in [-0.2, -0.15) is 13.2 Å². The van der Waals surface area contributed by atoms with Crippen molar-refractivity contribution in [2.45, 2.75) is 122 Å². The molecule has 0 spiro atoms. The molecule has 38 heavy (non-hydrogen) atoms. The maximum absolute atomic E-state index is 15.7. The Labute approximate surface area is 228 Å². The summed E-state index contributed by atoms with van der Waals surface area (Å²) in [6.07, 6.45) is 16.1. The van der Waals surface area contributed by atoms with Gasteiger partial charge in [0.15, 0.2) is 0 Å². The standard InChI is InChI=1S/C34H48F4/c1-3-23-6-15-29-21-30(17-16-28(29)20-23)31-19-18-27(32(33(31)35)34(36,37)38)14-9-24-7-12-26(13-8-24)25-10-4-22(2)5-11-25/h9,14,18-19,22-26,28-30H,3-8,10-13,15-17,20-21H2,1-2H3/b14-9+. The molecular weight excluding hydrogens is 484 g/mol. The van der Waals surface area contributed by atoms with Crippen LogP contribution >= 0.6 is 0 Å². The van der Waals surface area contributed by atoms with E-state index >= 15 is 4.39 Å². The minimum Gasteiger partial charge on any atom is -0.206 e. The molecule has 0 amide bonds.